The molecule has 2 aromatic heterocycles. The average molecular weight is 504 g/mol. The van der Waals surface area contributed by atoms with E-state index in [0.717, 1.165) is 43.3 Å². The summed E-state index contributed by atoms with van der Waals surface area (Å²) in [5.74, 6) is -0.645. The largest absolute Gasteiger partial charge is 0.457 e. The van der Waals surface area contributed by atoms with Crippen LogP contribution in [0.15, 0.2) is 67.1 Å². The van der Waals surface area contributed by atoms with Gasteiger partial charge in [-0.1, -0.05) is 6.07 Å². The van der Waals surface area contributed by atoms with Crippen molar-refractivity contribution in [1.82, 2.24) is 25.4 Å². The van der Waals surface area contributed by atoms with E-state index in [1.165, 1.54) is 12.1 Å². The summed E-state index contributed by atoms with van der Waals surface area (Å²) in [5, 5.41) is 10.6. The van der Waals surface area contributed by atoms with Crippen LogP contribution in [0.2, 0.25) is 0 Å². The van der Waals surface area contributed by atoms with Crippen LogP contribution in [0.25, 0.3) is 11.3 Å². The molecule has 3 heterocycles. The van der Waals surface area contributed by atoms with Gasteiger partial charge < -0.3 is 15.4 Å². The van der Waals surface area contributed by atoms with Gasteiger partial charge in [-0.05, 0) is 68.8 Å². The Labute approximate surface area is 213 Å². The molecule has 2 N–H and O–H groups in total. The molecule has 0 aliphatic carbocycles. The molecule has 190 valence electrons. The van der Waals surface area contributed by atoms with Gasteiger partial charge in [0.05, 0.1) is 17.9 Å². The van der Waals surface area contributed by atoms with Crippen LogP contribution >= 0.6 is 0 Å². The van der Waals surface area contributed by atoms with Gasteiger partial charge >= 0.3 is 0 Å². The van der Waals surface area contributed by atoms with E-state index in [-0.39, 0.29) is 12.5 Å². The molecule has 0 saturated carbocycles. The molecule has 0 unspecified atom stereocenters. The van der Waals surface area contributed by atoms with E-state index in [0.29, 0.717) is 34.2 Å². The zero-order chi connectivity index (χ0) is 25.8. The maximum Gasteiger partial charge on any atom is 0.251 e. The van der Waals surface area contributed by atoms with Crippen LogP contribution < -0.4 is 15.4 Å². The molecule has 1 amide bonds. The van der Waals surface area contributed by atoms with Crippen LogP contribution in [0, 0.1) is 18.6 Å². The molecular formula is C28H27F2N5O2. The van der Waals surface area contributed by atoms with Gasteiger partial charge in [0.15, 0.2) is 0 Å². The number of nitrogens with one attached hydrogen (secondary N) is 2. The van der Waals surface area contributed by atoms with Crippen molar-refractivity contribution in [2.24, 2.45) is 0 Å². The number of amides is 1. The minimum atomic E-state index is -0.689. The van der Waals surface area contributed by atoms with Gasteiger partial charge in [0, 0.05) is 47.8 Å². The molecule has 37 heavy (non-hydrogen) atoms. The Morgan fingerprint density at radius 2 is 1.92 bits per heavy atom. The maximum absolute atomic E-state index is 13.4. The number of benzene rings is 2. The predicted molar refractivity (Wildman–Crippen MR) is 135 cm³/mol. The van der Waals surface area contributed by atoms with Crippen LogP contribution in [0.5, 0.6) is 11.5 Å². The van der Waals surface area contributed by atoms with E-state index in [4.69, 9.17) is 4.74 Å². The quantitative estimate of drug-likeness (QED) is 0.363. The van der Waals surface area contributed by atoms with Gasteiger partial charge in [0.1, 0.15) is 23.1 Å². The molecular weight excluding hydrogens is 476 g/mol. The first-order chi connectivity index (χ1) is 18.0. The summed E-state index contributed by atoms with van der Waals surface area (Å²) in [5.41, 5.74) is 3.03. The van der Waals surface area contributed by atoms with Crippen molar-refractivity contribution < 1.29 is 18.3 Å². The van der Waals surface area contributed by atoms with Crippen LogP contribution in [0.1, 0.15) is 40.4 Å². The zero-order valence-electron chi connectivity index (χ0n) is 20.4. The highest BCUT2D eigenvalue weighted by Gasteiger charge is 2.17. The molecule has 5 rings (SSSR count). The molecule has 1 saturated heterocycles. The van der Waals surface area contributed by atoms with E-state index in [1.54, 1.807) is 37.4 Å². The highest BCUT2D eigenvalue weighted by atomic mass is 19.1. The lowest BCUT2D eigenvalue weighted by Crippen LogP contribution is -2.29. The Bertz CT molecular complexity index is 1400. The maximum atomic E-state index is 13.4. The Morgan fingerprint density at radius 3 is 2.70 bits per heavy atom. The van der Waals surface area contributed by atoms with Crippen LogP contribution in [0.3, 0.4) is 0 Å². The Hall–Kier alpha value is -4.11. The second kappa shape index (κ2) is 10.9. The van der Waals surface area contributed by atoms with E-state index in [9.17, 15) is 13.6 Å². The SMILES string of the molecule is Cc1c(Oc2ccnc(-c3cnn(C4CCNCC4)c3)c2)cccc1C(=O)NCc1cc(F)cc(F)c1. The molecule has 4 aromatic rings. The minimum Gasteiger partial charge on any atom is -0.457 e. The number of carbonyl (C=O) groups is 1. The van der Waals surface area contributed by atoms with Crippen molar-refractivity contribution in [3.05, 3.63) is 95.4 Å². The summed E-state index contributed by atoms with van der Waals surface area (Å²) in [6, 6.07) is 12.3. The summed E-state index contributed by atoms with van der Waals surface area (Å²) < 4.78 is 35.0. The molecule has 0 spiro atoms. The van der Waals surface area contributed by atoms with E-state index >= 15 is 0 Å². The predicted octanol–water partition coefficient (Wildman–Crippen LogP) is 5.18. The van der Waals surface area contributed by atoms with Crippen molar-refractivity contribution in [2.45, 2.75) is 32.4 Å². The zero-order valence-corrected chi connectivity index (χ0v) is 20.4. The highest BCUT2D eigenvalue weighted by molar-refractivity contribution is 5.96. The van der Waals surface area contributed by atoms with Crippen molar-refractivity contribution >= 4 is 5.91 Å². The molecule has 0 atom stereocenters. The van der Waals surface area contributed by atoms with Gasteiger partial charge in [-0.15, -0.1) is 0 Å². The minimum absolute atomic E-state index is 0.00317. The lowest BCUT2D eigenvalue weighted by atomic mass is 10.1. The second-order valence-corrected chi connectivity index (χ2v) is 9.06. The van der Waals surface area contributed by atoms with Crippen molar-refractivity contribution in [3.8, 4) is 22.8 Å². The molecule has 2 aromatic carbocycles. The molecule has 1 aliphatic heterocycles. The van der Waals surface area contributed by atoms with Gasteiger partial charge in [-0.2, -0.15) is 5.10 Å². The molecule has 0 radical (unpaired) electrons. The number of rotatable bonds is 7. The smallest absolute Gasteiger partial charge is 0.251 e. The number of pyridine rings is 1. The van der Waals surface area contributed by atoms with Crippen molar-refractivity contribution in [1.29, 1.82) is 0 Å². The van der Waals surface area contributed by atoms with Crippen molar-refractivity contribution in [3.63, 3.8) is 0 Å². The fourth-order valence-electron chi connectivity index (χ4n) is 4.46. The third-order valence-corrected chi connectivity index (χ3v) is 6.44. The second-order valence-electron chi connectivity index (χ2n) is 9.06. The fourth-order valence-corrected chi connectivity index (χ4v) is 4.46. The first kappa shape index (κ1) is 24.6. The number of ether oxygens (including phenoxy) is 1. The lowest BCUT2D eigenvalue weighted by Gasteiger charge is -2.22. The van der Waals surface area contributed by atoms with Gasteiger partial charge in [0.2, 0.25) is 0 Å². The summed E-state index contributed by atoms with van der Waals surface area (Å²) in [4.78, 5) is 17.3. The topological polar surface area (TPSA) is 81.1 Å². The third-order valence-electron chi connectivity index (χ3n) is 6.44. The standard InChI is InChI=1S/C28H27F2N5O2/c1-18-25(28(36)33-15-19-11-21(29)13-22(30)12-19)3-2-4-27(18)37-24-7-10-32-26(14-24)20-16-34-35(17-20)23-5-8-31-9-6-23/h2-4,7,10-14,16-17,23,31H,5-6,8-9,15H2,1H3,(H,33,36). The molecule has 7 nitrogen and oxygen atoms in total. The number of piperidine rings is 1. The Kier molecular flexibility index (Phi) is 7.23. The monoisotopic (exact) mass is 503 g/mol. The summed E-state index contributed by atoms with van der Waals surface area (Å²) >= 11 is 0. The van der Waals surface area contributed by atoms with Gasteiger partial charge in [-0.25, -0.2) is 8.78 Å². The average Bonchev–Trinajstić information content (AvgIpc) is 3.39. The normalized spacial score (nSPS) is 13.9. The van der Waals surface area contributed by atoms with Crippen molar-refractivity contribution in [2.75, 3.05) is 13.1 Å². The Balaban J connectivity index is 1.29. The molecule has 1 aliphatic rings. The number of nitrogens with zero attached hydrogens (tertiary/aromatic N) is 3. The summed E-state index contributed by atoms with van der Waals surface area (Å²) in [6.45, 7) is 3.76. The highest BCUT2D eigenvalue weighted by Crippen LogP contribution is 2.30. The fraction of sp³-hybridized carbons (Fsp3) is 0.250. The number of hydrogen-bond acceptors (Lipinski definition) is 5. The summed E-state index contributed by atoms with van der Waals surface area (Å²) in [6.07, 6.45) is 7.59. The number of hydrogen-bond donors (Lipinski definition) is 2. The van der Waals surface area contributed by atoms with Crippen LogP contribution in [-0.2, 0) is 6.54 Å². The Morgan fingerprint density at radius 1 is 1.14 bits per heavy atom. The third kappa shape index (κ3) is 5.83. The van der Waals surface area contributed by atoms with E-state index in [2.05, 4.69) is 20.7 Å². The van der Waals surface area contributed by atoms with Crippen LogP contribution in [-0.4, -0.2) is 33.8 Å². The number of halogens is 2. The lowest BCUT2D eigenvalue weighted by molar-refractivity contribution is 0.0950. The number of aromatic nitrogens is 3. The van der Waals surface area contributed by atoms with Gasteiger partial charge in [-0.3, -0.25) is 14.5 Å². The van der Waals surface area contributed by atoms with E-state index < -0.39 is 11.6 Å². The first-order valence-corrected chi connectivity index (χ1v) is 12.2. The molecule has 1 fully saturated rings. The van der Waals surface area contributed by atoms with E-state index in [1.807, 2.05) is 23.1 Å². The van der Waals surface area contributed by atoms with Gasteiger partial charge in [0.25, 0.3) is 5.91 Å². The molecule has 9 heteroatoms. The molecule has 0 bridgehead atoms. The first-order valence-electron chi connectivity index (χ1n) is 12.2. The number of carbonyl (C=O) groups excluding carboxylic acids is 1. The van der Waals surface area contributed by atoms with Crippen LogP contribution in [0.4, 0.5) is 8.78 Å². The summed E-state index contributed by atoms with van der Waals surface area (Å²) in [7, 11) is 0.